The van der Waals surface area contributed by atoms with Crippen LogP contribution >= 0.6 is 0 Å². The van der Waals surface area contributed by atoms with Gasteiger partial charge in [-0.05, 0) is 0 Å². The zero-order valence-corrected chi connectivity index (χ0v) is 18.5. The van der Waals surface area contributed by atoms with Gasteiger partial charge in [0.15, 0.2) is 0 Å². The van der Waals surface area contributed by atoms with E-state index in [1.54, 1.807) is 0 Å². The van der Waals surface area contributed by atoms with Crippen molar-refractivity contribution < 1.29 is 184 Å². The second-order valence-electron chi connectivity index (χ2n) is 0.447. The molecule has 0 heterocycles. The van der Waals surface area contributed by atoms with Crippen molar-refractivity contribution >= 4 is 20.1 Å². The first-order valence-electron chi connectivity index (χ1n) is 0.730. The van der Waals surface area contributed by atoms with Gasteiger partial charge in [-0.2, -0.15) is 0 Å². The molecule has 0 saturated heterocycles. The average Bonchev–Trinajstić information content (AvgIpc) is 0.722. The first kappa shape index (κ1) is 44.1. The van der Waals surface area contributed by atoms with E-state index in [1.807, 2.05) is 0 Å². The summed E-state index contributed by atoms with van der Waals surface area (Å²) in [6.07, 6.45) is 0. The van der Waals surface area contributed by atoms with Gasteiger partial charge in [0.1, 0.15) is 0 Å². The number of hydrogen-bond donors (Lipinski definition) is 0. The van der Waals surface area contributed by atoms with Gasteiger partial charge >= 0.3 is 187 Å². The van der Waals surface area contributed by atoms with Crippen molar-refractivity contribution in [1.82, 2.24) is 0 Å². The van der Waals surface area contributed by atoms with Crippen molar-refractivity contribution in [3.8, 4) is 0 Å². The van der Waals surface area contributed by atoms with E-state index < -0.39 is 20.1 Å². The van der Waals surface area contributed by atoms with Crippen molar-refractivity contribution in [3.05, 3.63) is 0 Å². The second-order valence-corrected chi connectivity index (χ2v) is 3.00. The molecule has 0 spiro atoms. The average molecular weight is 357 g/mol. The van der Waals surface area contributed by atoms with Crippen LogP contribution in [-0.2, 0) is 3.02 Å². The minimum absolute atomic E-state index is 0. The molecule has 0 atom stereocenters. The molecule has 0 rings (SSSR count). The molecule has 56 valence electrons. The summed E-state index contributed by atoms with van der Waals surface area (Å²) in [6.45, 7) is 0. The van der Waals surface area contributed by atoms with Crippen molar-refractivity contribution in [3.63, 3.8) is 0 Å². The van der Waals surface area contributed by atoms with Crippen LogP contribution < -0.4 is 164 Å². The zero-order valence-electron chi connectivity index (χ0n) is 6.58. The molecule has 0 radical (unpaired) electrons. The fourth-order valence-corrected chi connectivity index (χ4v) is 0. The Morgan fingerprint density at radius 3 is 0.727 bits per heavy atom. The third-order valence-electron chi connectivity index (χ3n) is 0. The van der Waals surface area contributed by atoms with Crippen LogP contribution in [0.2, 0.25) is 0 Å². The third-order valence-corrected chi connectivity index (χ3v) is 0. The van der Waals surface area contributed by atoms with Crippen LogP contribution in [0.3, 0.4) is 0 Å². The standard InChI is InChI=1S/3K.3H2O.4O.Sb/h;;;3*1H2;;;;;/q3*+1;;;;;3*-1;. The molecular formula is H6K3O7Sb. The van der Waals surface area contributed by atoms with Crippen LogP contribution in [0.5, 0.6) is 0 Å². The van der Waals surface area contributed by atoms with E-state index in [9.17, 15) is 0 Å². The van der Waals surface area contributed by atoms with E-state index in [0.717, 1.165) is 0 Å². The van der Waals surface area contributed by atoms with E-state index in [2.05, 4.69) is 0 Å². The van der Waals surface area contributed by atoms with Gasteiger partial charge in [-0.15, -0.1) is 0 Å². The first-order chi connectivity index (χ1) is 2.00. The summed E-state index contributed by atoms with van der Waals surface area (Å²) in [6, 6.07) is 0. The van der Waals surface area contributed by atoms with Gasteiger partial charge in [0.05, 0.1) is 0 Å². The molecule has 0 aromatic rings. The normalized spacial score (nSPS) is 5.36. The zero-order chi connectivity index (χ0) is 4.50. The maximum absolute atomic E-state index is 8.64. The Morgan fingerprint density at radius 1 is 0.727 bits per heavy atom. The summed E-state index contributed by atoms with van der Waals surface area (Å²) >= 11 is -6.10. The summed E-state index contributed by atoms with van der Waals surface area (Å²) < 4.78 is 34.6. The molecule has 0 bridgehead atoms. The van der Waals surface area contributed by atoms with E-state index in [-0.39, 0.29) is 171 Å². The summed E-state index contributed by atoms with van der Waals surface area (Å²) in [5.74, 6) is 0. The van der Waals surface area contributed by atoms with E-state index in [1.165, 1.54) is 0 Å². The van der Waals surface area contributed by atoms with Crippen LogP contribution in [0.4, 0.5) is 0 Å². The Bertz CT molecular complexity index is 59.8. The molecule has 0 aromatic carbocycles. The molecular weight excluding hydrogens is 351 g/mol. The molecule has 11 heavy (non-hydrogen) atoms. The molecule has 0 saturated carbocycles. The van der Waals surface area contributed by atoms with E-state index >= 15 is 0 Å². The summed E-state index contributed by atoms with van der Waals surface area (Å²) in [4.78, 5) is 0. The summed E-state index contributed by atoms with van der Waals surface area (Å²) in [7, 11) is 0. The summed E-state index contributed by atoms with van der Waals surface area (Å²) in [5.41, 5.74) is 0. The SMILES string of the molecule is O.O.O.[K+].[K+].[K+].[O]=[Sb]([O-])([O-])[O-]. The van der Waals surface area contributed by atoms with Gasteiger partial charge in [0, 0.05) is 0 Å². The van der Waals surface area contributed by atoms with Crippen LogP contribution in [0.25, 0.3) is 0 Å². The third kappa shape index (κ3) is 96.5. The Balaban J connectivity index is -0.00000000533. The van der Waals surface area contributed by atoms with Gasteiger partial charge in [-0.25, -0.2) is 0 Å². The first-order valence-corrected chi connectivity index (χ1v) is 4.90. The molecule has 11 heteroatoms. The van der Waals surface area contributed by atoms with Gasteiger partial charge in [0.2, 0.25) is 0 Å². The molecule has 7 nitrogen and oxygen atoms in total. The minimum atomic E-state index is -6.10. The number of rotatable bonds is 0. The van der Waals surface area contributed by atoms with Crippen LogP contribution in [0.15, 0.2) is 0 Å². The van der Waals surface area contributed by atoms with E-state index in [0.29, 0.717) is 0 Å². The Labute approximate surface area is 197 Å². The van der Waals surface area contributed by atoms with Gasteiger partial charge in [0.25, 0.3) is 0 Å². The molecule has 0 fully saturated rings. The monoisotopic (exact) mass is 356 g/mol. The predicted octanol–water partition coefficient (Wildman–Crippen LogP) is -15.5. The fraction of sp³-hybridized carbons (Fsp3) is 0. The molecule has 0 aliphatic heterocycles. The molecule has 0 aliphatic rings. The number of hydrogen-bond acceptors (Lipinski definition) is 4. The topological polar surface area (TPSA) is 181 Å². The molecule has 6 N–H and O–H groups in total. The van der Waals surface area contributed by atoms with Gasteiger partial charge < -0.3 is 16.4 Å². The molecule has 0 unspecified atom stereocenters. The van der Waals surface area contributed by atoms with Crippen LogP contribution in [0.1, 0.15) is 0 Å². The fourth-order valence-electron chi connectivity index (χ4n) is 0. The quantitative estimate of drug-likeness (QED) is 0.391. The van der Waals surface area contributed by atoms with Gasteiger partial charge in [-0.1, -0.05) is 0 Å². The van der Waals surface area contributed by atoms with Crippen molar-refractivity contribution in [2.24, 2.45) is 0 Å². The molecule has 0 aromatic heterocycles. The maximum atomic E-state index is 8.64. The Hall–Kier alpha value is 5.29. The molecule has 0 amide bonds. The predicted molar refractivity (Wildman–Crippen MR) is 17.3 cm³/mol. The Kier molecular flexibility index (Phi) is 98.3. The van der Waals surface area contributed by atoms with Crippen molar-refractivity contribution in [1.29, 1.82) is 0 Å². The van der Waals surface area contributed by atoms with Gasteiger partial charge in [-0.3, -0.25) is 0 Å². The van der Waals surface area contributed by atoms with E-state index in [4.69, 9.17) is 13.2 Å². The Morgan fingerprint density at radius 2 is 0.727 bits per heavy atom. The molecule has 0 aliphatic carbocycles. The van der Waals surface area contributed by atoms with Crippen LogP contribution in [-0.4, -0.2) is 36.5 Å². The van der Waals surface area contributed by atoms with Crippen molar-refractivity contribution in [2.45, 2.75) is 0 Å². The second kappa shape index (κ2) is 24.5. The van der Waals surface area contributed by atoms with Crippen LogP contribution in [0, 0.1) is 0 Å². The van der Waals surface area contributed by atoms with Crippen molar-refractivity contribution in [2.75, 3.05) is 0 Å². The summed E-state index contributed by atoms with van der Waals surface area (Å²) in [5, 5.41) is 0.